The quantitative estimate of drug-likeness (QED) is 0.646. The molecule has 0 aromatic carbocycles. The molecule has 0 amide bonds. The van der Waals surface area contributed by atoms with E-state index in [4.69, 9.17) is 4.74 Å². The molecule has 0 saturated carbocycles. The normalized spacial score (nSPS) is 11.0. The van der Waals surface area contributed by atoms with Crippen LogP contribution < -0.4 is 4.74 Å². The molecule has 0 spiro atoms. The lowest BCUT2D eigenvalue weighted by Gasteiger charge is -1.94. The van der Waals surface area contributed by atoms with Crippen LogP contribution in [0.25, 0.3) is 22.1 Å². The van der Waals surface area contributed by atoms with E-state index in [0.29, 0.717) is 11.5 Å². The van der Waals surface area contributed by atoms with E-state index in [1.165, 1.54) is 0 Å². The van der Waals surface area contributed by atoms with Gasteiger partial charge in [-0.15, -0.1) is 0 Å². The summed E-state index contributed by atoms with van der Waals surface area (Å²) in [6, 6.07) is 3.73. The molecule has 0 aliphatic heterocycles. The summed E-state index contributed by atoms with van der Waals surface area (Å²) in [6.45, 7) is 0. The summed E-state index contributed by atoms with van der Waals surface area (Å²) < 4.78 is 5.11. The Morgan fingerprint density at radius 1 is 1.27 bits per heavy atom. The van der Waals surface area contributed by atoms with Crippen LogP contribution in [0.15, 0.2) is 24.7 Å². The molecular weight excluding hydrogens is 192 g/mol. The van der Waals surface area contributed by atoms with Gasteiger partial charge in [-0.3, -0.25) is 0 Å². The number of rotatable bonds is 1. The maximum Gasteiger partial charge on any atom is 0.214 e. The molecule has 3 heterocycles. The summed E-state index contributed by atoms with van der Waals surface area (Å²) in [5.74, 6) is 0.565. The highest BCUT2D eigenvalue weighted by molar-refractivity contribution is 6.03. The first-order valence-corrected chi connectivity index (χ1v) is 4.51. The molecule has 0 unspecified atom stereocenters. The van der Waals surface area contributed by atoms with E-state index in [2.05, 4.69) is 19.9 Å². The highest BCUT2D eigenvalue weighted by Crippen LogP contribution is 2.22. The molecule has 0 fully saturated rings. The molecule has 3 aromatic heterocycles. The van der Waals surface area contributed by atoms with Crippen molar-refractivity contribution in [3.63, 3.8) is 0 Å². The zero-order valence-corrected chi connectivity index (χ0v) is 8.06. The lowest BCUT2D eigenvalue weighted by molar-refractivity contribution is 0.400. The van der Waals surface area contributed by atoms with Gasteiger partial charge in [0.1, 0.15) is 5.65 Å². The van der Waals surface area contributed by atoms with Crippen LogP contribution in [0.5, 0.6) is 5.88 Å². The zero-order valence-electron chi connectivity index (χ0n) is 8.06. The predicted molar refractivity (Wildman–Crippen MR) is 55.7 cm³/mol. The van der Waals surface area contributed by atoms with Crippen molar-refractivity contribution in [3.8, 4) is 5.88 Å². The van der Waals surface area contributed by atoms with E-state index in [1.54, 1.807) is 19.6 Å². The van der Waals surface area contributed by atoms with E-state index < -0.39 is 0 Å². The van der Waals surface area contributed by atoms with Crippen LogP contribution in [0.2, 0.25) is 0 Å². The fraction of sp³-hybridized carbons (Fsp3) is 0.100. The maximum atomic E-state index is 5.11. The van der Waals surface area contributed by atoms with E-state index in [1.807, 2.05) is 12.1 Å². The van der Waals surface area contributed by atoms with Gasteiger partial charge in [0.05, 0.1) is 18.8 Å². The number of H-pyrrole nitrogens is 1. The van der Waals surface area contributed by atoms with E-state index in [-0.39, 0.29) is 0 Å². The summed E-state index contributed by atoms with van der Waals surface area (Å²) >= 11 is 0. The maximum absolute atomic E-state index is 5.11. The molecule has 0 aliphatic rings. The molecule has 0 radical (unpaired) electrons. The van der Waals surface area contributed by atoms with Crippen LogP contribution in [0.4, 0.5) is 0 Å². The van der Waals surface area contributed by atoms with Crippen LogP contribution >= 0.6 is 0 Å². The fourth-order valence-electron chi connectivity index (χ4n) is 1.59. The van der Waals surface area contributed by atoms with Gasteiger partial charge in [0, 0.05) is 17.6 Å². The van der Waals surface area contributed by atoms with Crippen LogP contribution in [-0.2, 0) is 0 Å². The molecule has 5 nitrogen and oxygen atoms in total. The van der Waals surface area contributed by atoms with Gasteiger partial charge < -0.3 is 9.72 Å². The Hall–Kier alpha value is -2.17. The predicted octanol–water partition coefficient (Wildman–Crippen LogP) is 1.51. The zero-order chi connectivity index (χ0) is 10.3. The number of hydrogen-bond donors (Lipinski definition) is 1. The second kappa shape index (κ2) is 2.91. The number of methoxy groups -OCH3 is 1. The Bertz CT molecular complexity index is 631. The minimum absolute atomic E-state index is 0.565. The molecule has 0 saturated heterocycles. The summed E-state index contributed by atoms with van der Waals surface area (Å²) in [4.78, 5) is 15.6. The minimum atomic E-state index is 0.565. The molecule has 0 atom stereocenters. The van der Waals surface area contributed by atoms with E-state index >= 15 is 0 Å². The second-order valence-corrected chi connectivity index (χ2v) is 3.15. The van der Waals surface area contributed by atoms with Crippen LogP contribution in [0.1, 0.15) is 0 Å². The standard InChI is InChI=1S/C10H8N4O/c1-15-7-3-2-6-4-11-9-8(6)10(14-7)13-5-12-9/h2-5H,1H3,(H,11,12,13,14). The summed E-state index contributed by atoms with van der Waals surface area (Å²) in [6.07, 6.45) is 3.36. The average Bonchev–Trinajstić information content (AvgIpc) is 2.58. The van der Waals surface area contributed by atoms with Gasteiger partial charge in [-0.05, 0) is 6.07 Å². The van der Waals surface area contributed by atoms with Crippen molar-refractivity contribution >= 4 is 22.1 Å². The Morgan fingerprint density at radius 3 is 3.07 bits per heavy atom. The SMILES string of the molecule is COc1ccc2cnc3nc[nH]c(n1)c23. The van der Waals surface area contributed by atoms with Gasteiger partial charge in [0.2, 0.25) is 5.88 Å². The number of ether oxygens (including phenoxy) is 1. The highest BCUT2D eigenvalue weighted by atomic mass is 16.5. The Morgan fingerprint density at radius 2 is 2.20 bits per heavy atom. The van der Waals surface area contributed by atoms with Gasteiger partial charge >= 0.3 is 0 Å². The summed E-state index contributed by atoms with van der Waals surface area (Å²) in [5.41, 5.74) is 1.43. The first-order chi connectivity index (χ1) is 7.38. The minimum Gasteiger partial charge on any atom is -0.481 e. The van der Waals surface area contributed by atoms with Gasteiger partial charge in [0.15, 0.2) is 5.65 Å². The van der Waals surface area contributed by atoms with Crippen molar-refractivity contribution in [1.29, 1.82) is 0 Å². The molecule has 0 aliphatic carbocycles. The summed E-state index contributed by atoms with van der Waals surface area (Å²) in [7, 11) is 1.59. The average molecular weight is 200 g/mol. The first kappa shape index (κ1) is 8.16. The fourth-order valence-corrected chi connectivity index (χ4v) is 1.59. The van der Waals surface area contributed by atoms with E-state index in [9.17, 15) is 0 Å². The topological polar surface area (TPSA) is 63.7 Å². The second-order valence-electron chi connectivity index (χ2n) is 3.15. The Balaban J connectivity index is 2.56. The molecule has 74 valence electrons. The molecule has 15 heavy (non-hydrogen) atoms. The van der Waals surface area contributed by atoms with Gasteiger partial charge in [-0.2, -0.15) is 4.98 Å². The van der Waals surface area contributed by atoms with Gasteiger partial charge in [0.25, 0.3) is 0 Å². The monoisotopic (exact) mass is 200 g/mol. The van der Waals surface area contributed by atoms with Crippen molar-refractivity contribution in [2.75, 3.05) is 7.11 Å². The van der Waals surface area contributed by atoms with Crippen molar-refractivity contribution in [2.45, 2.75) is 0 Å². The number of hydrogen-bond acceptors (Lipinski definition) is 4. The molecule has 5 heteroatoms. The number of nitrogens with zero attached hydrogens (tertiary/aromatic N) is 3. The molecule has 1 N–H and O–H groups in total. The van der Waals surface area contributed by atoms with Crippen LogP contribution in [0.3, 0.4) is 0 Å². The molecule has 0 bridgehead atoms. The van der Waals surface area contributed by atoms with Gasteiger partial charge in [-0.25, -0.2) is 9.97 Å². The number of aromatic amines is 1. The number of aromatic nitrogens is 4. The first-order valence-electron chi connectivity index (χ1n) is 4.51. The summed E-state index contributed by atoms with van der Waals surface area (Å²) in [5, 5.41) is 1.93. The highest BCUT2D eigenvalue weighted by Gasteiger charge is 2.06. The van der Waals surface area contributed by atoms with Crippen molar-refractivity contribution in [1.82, 2.24) is 19.9 Å². The third kappa shape index (κ3) is 1.13. The lowest BCUT2D eigenvalue weighted by Crippen LogP contribution is -1.86. The molecule has 3 rings (SSSR count). The Labute approximate surface area is 85.1 Å². The van der Waals surface area contributed by atoms with Gasteiger partial charge in [-0.1, -0.05) is 0 Å². The lowest BCUT2D eigenvalue weighted by atomic mass is 10.3. The third-order valence-corrected chi connectivity index (χ3v) is 2.30. The Kier molecular flexibility index (Phi) is 1.58. The van der Waals surface area contributed by atoms with Crippen LogP contribution in [0, 0.1) is 0 Å². The van der Waals surface area contributed by atoms with Crippen molar-refractivity contribution < 1.29 is 4.74 Å². The van der Waals surface area contributed by atoms with Crippen LogP contribution in [-0.4, -0.2) is 27.0 Å². The van der Waals surface area contributed by atoms with Crippen molar-refractivity contribution in [3.05, 3.63) is 24.7 Å². The smallest absolute Gasteiger partial charge is 0.214 e. The molecule has 3 aromatic rings. The number of nitrogens with one attached hydrogen (secondary N) is 1. The third-order valence-electron chi connectivity index (χ3n) is 2.30. The van der Waals surface area contributed by atoms with E-state index in [0.717, 1.165) is 16.4 Å². The van der Waals surface area contributed by atoms with Crippen molar-refractivity contribution in [2.24, 2.45) is 0 Å². The molecular formula is C10H8N4O. The largest absolute Gasteiger partial charge is 0.481 e.